The summed E-state index contributed by atoms with van der Waals surface area (Å²) in [4.78, 5) is 19.5. The van der Waals surface area contributed by atoms with Gasteiger partial charge in [-0.05, 0) is 81.2 Å². The number of alkyl halides is 6. The Morgan fingerprint density at radius 1 is 0.597 bits per heavy atom. The van der Waals surface area contributed by atoms with Gasteiger partial charge in [-0.3, -0.25) is 14.5 Å². The molecule has 0 spiro atoms. The van der Waals surface area contributed by atoms with Gasteiger partial charge in [0.15, 0.2) is 17.3 Å². The quantitative estimate of drug-likeness (QED) is 0.0958. The highest BCUT2D eigenvalue weighted by atomic mass is 19.4. The van der Waals surface area contributed by atoms with Crippen LogP contribution in [0.1, 0.15) is 48.1 Å². The van der Waals surface area contributed by atoms with Crippen LogP contribution in [0.5, 0.6) is 0 Å². The minimum Gasteiger partial charge on any atom is -0.354 e. The minimum absolute atomic E-state index is 0.0311. The molecular weight excluding hydrogens is 947 g/mol. The van der Waals surface area contributed by atoms with E-state index in [1.807, 2.05) is 78.5 Å². The van der Waals surface area contributed by atoms with Gasteiger partial charge >= 0.3 is 12.4 Å². The summed E-state index contributed by atoms with van der Waals surface area (Å²) in [6.45, 7) is 2.89. The third-order valence-corrected chi connectivity index (χ3v) is 13.4. The number of fused-ring (bicyclic) bond motifs is 2. The topological polar surface area (TPSA) is 121 Å². The van der Waals surface area contributed by atoms with E-state index in [-0.39, 0.29) is 36.3 Å². The molecule has 0 bridgehead atoms. The molecule has 13 nitrogen and oxygen atoms in total. The molecule has 5 aromatic heterocycles. The van der Waals surface area contributed by atoms with E-state index in [1.54, 1.807) is 30.2 Å². The summed E-state index contributed by atoms with van der Waals surface area (Å²) >= 11 is 0. The lowest BCUT2D eigenvalue weighted by Gasteiger charge is -2.37. The van der Waals surface area contributed by atoms with Gasteiger partial charge in [0.2, 0.25) is 5.95 Å². The first-order valence-corrected chi connectivity index (χ1v) is 23.3. The molecule has 0 N–H and O–H groups in total. The zero-order chi connectivity index (χ0) is 50.7. The molecule has 3 aromatic carbocycles. The number of rotatable bonds is 10. The summed E-state index contributed by atoms with van der Waals surface area (Å²) in [7, 11) is 5.47. The molecule has 2 aliphatic rings. The fourth-order valence-electron chi connectivity index (χ4n) is 9.68. The van der Waals surface area contributed by atoms with Crippen molar-refractivity contribution >= 4 is 33.2 Å². The van der Waals surface area contributed by atoms with Crippen molar-refractivity contribution in [1.82, 2.24) is 54.9 Å². The maximum Gasteiger partial charge on any atom is 0.433 e. The van der Waals surface area contributed by atoms with Crippen molar-refractivity contribution in [3.05, 3.63) is 144 Å². The van der Waals surface area contributed by atoms with Gasteiger partial charge in [-0.2, -0.15) is 35.8 Å². The number of hydrogen-bond acceptors (Lipinski definition) is 12. The minimum atomic E-state index is -4.71. The highest BCUT2D eigenvalue weighted by Crippen LogP contribution is 2.37. The first-order valence-electron chi connectivity index (χ1n) is 23.3. The molecule has 21 heteroatoms. The Balaban J connectivity index is 0.000000178. The van der Waals surface area contributed by atoms with Crippen molar-refractivity contribution < 1.29 is 35.1 Å². The molecule has 0 unspecified atom stereocenters. The van der Waals surface area contributed by atoms with Gasteiger partial charge in [-0.15, -0.1) is 20.4 Å². The Bertz CT molecular complexity index is 3150. The first-order chi connectivity index (χ1) is 34.5. The molecule has 2 saturated heterocycles. The number of anilines is 2. The summed E-state index contributed by atoms with van der Waals surface area (Å²) in [5.41, 5.74) is 0.976. The standard InChI is InChI=1S/C26H24F4N6.C25H25F4N7/c1-35(15-17-6-7-18(27)14-22(17)26(28,29)30)19-9-12-36(13-10-19)25-21-5-3-2-4-20(21)24(33-34-25)23-8-11-31-16-32-23;1-34(15-16-7-8-21(26)31-23(16)25(27,28)29)17-10-13-36(14-11-17)24-19-6-4-3-5-18(19)22(32-33-24)20-9-12-30-35(20)2/h2-8,11,14,16,19H,9-10,12-13,15H2,1H3;3-9,12,17H,10-11,13-15H2,1-2H3. The van der Waals surface area contributed by atoms with Crippen molar-refractivity contribution in [2.45, 2.75) is 63.2 Å². The summed E-state index contributed by atoms with van der Waals surface area (Å²) in [5.74, 6) is -0.451. The highest BCUT2D eigenvalue weighted by Gasteiger charge is 2.37. The van der Waals surface area contributed by atoms with Crippen molar-refractivity contribution in [2.24, 2.45) is 7.05 Å². The van der Waals surface area contributed by atoms with Crippen LogP contribution in [0.25, 0.3) is 44.3 Å². The normalized spacial score (nSPS) is 15.2. The molecule has 7 heterocycles. The lowest BCUT2D eigenvalue weighted by molar-refractivity contribution is -0.142. The summed E-state index contributed by atoms with van der Waals surface area (Å²) in [6, 6.07) is 24.8. The molecule has 72 heavy (non-hydrogen) atoms. The lowest BCUT2D eigenvalue weighted by Crippen LogP contribution is -2.43. The van der Waals surface area contributed by atoms with E-state index in [9.17, 15) is 35.1 Å². The molecule has 0 amide bonds. The fourth-order valence-corrected chi connectivity index (χ4v) is 9.68. The SMILES string of the molecule is CN(Cc1ccc(F)cc1C(F)(F)F)C1CCN(c2nnc(-c3ccncn3)c3ccccc23)CC1.CN(Cc1ccc(F)nc1C(F)(F)F)C1CCN(c2nnc(-c3ccnn3C)c3ccccc23)CC1. The fraction of sp³-hybridized carbons (Fsp3) is 0.333. The van der Waals surface area contributed by atoms with E-state index in [1.165, 1.54) is 18.5 Å². The smallest absolute Gasteiger partial charge is 0.354 e. The number of hydrogen-bond donors (Lipinski definition) is 0. The maximum absolute atomic E-state index is 13.5. The Hall–Kier alpha value is -7.26. The molecular formula is C51H49F8N13. The predicted molar refractivity (Wildman–Crippen MR) is 256 cm³/mol. The molecule has 8 aromatic rings. The average molecular weight is 996 g/mol. The Labute approximate surface area is 409 Å². The van der Waals surface area contributed by atoms with E-state index in [0.717, 1.165) is 82.4 Å². The van der Waals surface area contributed by atoms with Crippen molar-refractivity contribution in [3.63, 3.8) is 0 Å². The molecule has 0 radical (unpaired) electrons. The van der Waals surface area contributed by atoms with Crippen LogP contribution >= 0.6 is 0 Å². The van der Waals surface area contributed by atoms with Crippen LogP contribution in [0, 0.1) is 11.8 Å². The van der Waals surface area contributed by atoms with Crippen molar-refractivity contribution in [2.75, 3.05) is 50.1 Å². The van der Waals surface area contributed by atoms with E-state index >= 15 is 0 Å². The van der Waals surface area contributed by atoms with Crippen molar-refractivity contribution in [3.8, 4) is 22.8 Å². The van der Waals surface area contributed by atoms with E-state index in [2.05, 4.69) is 50.2 Å². The van der Waals surface area contributed by atoms with Crippen LogP contribution in [0.2, 0.25) is 0 Å². The zero-order valence-corrected chi connectivity index (χ0v) is 39.5. The summed E-state index contributed by atoms with van der Waals surface area (Å²) in [6.07, 6.45) is -1.45. The van der Waals surface area contributed by atoms with Gasteiger partial charge in [0.1, 0.15) is 23.5 Å². The third-order valence-electron chi connectivity index (χ3n) is 13.4. The molecule has 374 valence electrons. The number of nitrogens with zero attached hydrogens (tertiary/aromatic N) is 13. The van der Waals surface area contributed by atoms with Gasteiger partial charge in [0.05, 0.1) is 17.0 Å². The first kappa shape index (κ1) is 49.7. The van der Waals surface area contributed by atoms with Gasteiger partial charge in [-0.1, -0.05) is 60.7 Å². The van der Waals surface area contributed by atoms with Crippen LogP contribution in [0.4, 0.5) is 46.8 Å². The van der Waals surface area contributed by atoms with Gasteiger partial charge in [-0.25, -0.2) is 19.3 Å². The monoisotopic (exact) mass is 995 g/mol. The molecule has 0 saturated carbocycles. The summed E-state index contributed by atoms with van der Waals surface area (Å²) in [5, 5.41) is 26.2. The second kappa shape index (κ2) is 20.8. The molecule has 0 aliphatic carbocycles. The number of benzene rings is 3. The van der Waals surface area contributed by atoms with Gasteiger partial charge < -0.3 is 9.80 Å². The van der Waals surface area contributed by atoms with Gasteiger partial charge in [0.25, 0.3) is 0 Å². The number of aryl methyl sites for hydroxylation is 1. The van der Waals surface area contributed by atoms with Crippen molar-refractivity contribution in [1.29, 1.82) is 0 Å². The number of piperidine rings is 2. The molecule has 2 fully saturated rings. The van der Waals surface area contributed by atoms with Crippen LogP contribution in [-0.4, -0.2) is 107 Å². The zero-order valence-electron chi connectivity index (χ0n) is 39.5. The molecule has 2 aliphatic heterocycles. The summed E-state index contributed by atoms with van der Waals surface area (Å²) < 4.78 is 109. The Morgan fingerprint density at radius 3 is 1.67 bits per heavy atom. The third kappa shape index (κ3) is 10.8. The van der Waals surface area contributed by atoms with Crippen LogP contribution in [0.3, 0.4) is 0 Å². The Kier molecular flexibility index (Phi) is 14.4. The maximum atomic E-state index is 13.5. The molecule has 10 rings (SSSR count). The largest absolute Gasteiger partial charge is 0.433 e. The highest BCUT2D eigenvalue weighted by molar-refractivity contribution is 6.00. The number of pyridine rings is 1. The van der Waals surface area contributed by atoms with E-state index < -0.39 is 35.4 Å². The van der Waals surface area contributed by atoms with E-state index in [4.69, 9.17) is 0 Å². The predicted octanol–water partition coefficient (Wildman–Crippen LogP) is 10.0. The average Bonchev–Trinajstić information content (AvgIpc) is 3.81. The van der Waals surface area contributed by atoms with Crippen LogP contribution < -0.4 is 9.80 Å². The number of aromatic nitrogens is 9. The number of halogens is 8. The van der Waals surface area contributed by atoms with E-state index in [0.29, 0.717) is 43.6 Å². The second-order valence-electron chi connectivity index (χ2n) is 18.0. The van der Waals surface area contributed by atoms with Gasteiger partial charge in [0, 0.05) is 92.3 Å². The van der Waals surface area contributed by atoms with Crippen LogP contribution in [-0.2, 0) is 32.5 Å². The second-order valence-corrected chi connectivity index (χ2v) is 18.0. The lowest BCUT2D eigenvalue weighted by atomic mass is 10.0. The van der Waals surface area contributed by atoms with Crippen LogP contribution in [0.15, 0.2) is 110 Å². The Morgan fingerprint density at radius 2 is 1.14 bits per heavy atom. The molecule has 0 atom stereocenters.